The van der Waals surface area contributed by atoms with Crippen molar-refractivity contribution in [2.75, 3.05) is 11.5 Å². The van der Waals surface area contributed by atoms with Crippen LogP contribution < -0.4 is 0 Å². The maximum absolute atomic E-state index is 11.8. The molecule has 0 spiro atoms. The van der Waals surface area contributed by atoms with E-state index in [1.807, 2.05) is 17.5 Å². The van der Waals surface area contributed by atoms with Crippen LogP contribution in [0.15, 0.2) is 29.7 Å². The average molecular weight is 300 g/mol. The SMILES string of the molecule is C=C(C)C(=O)OC1(c2cccs2)CCS(=O)(=O)CC1. The van der Waals surface area contributed by atoms with Crippen molar-refractivity contribution < 1.29 is 17.9 Å². The van der Waals surface area contributed by atoms with E-state index in [4.69, 9.17) is 4.74 Å². The van der Waals surface area contributed by atoms with Gasteiger partial charge in [-0.2, -0.15) is 0 Å². The number of carbonyl (C=O) groups excluding carboxylic acids is 1. The van der Waals surface area contributed by atoms with Gasteiger partial charge < -0.3 is 4.74 Å². The summed E-state index contributed by atoms with van der Waals surface area (Å²) in [6.45, 7) is 5.16. The minimum absolute atomic E-state index is 0.0500. The molecule has 0 aromatic carbocycles. The molecule has 104 valence electrons. The molecule has 0 aliphatic carbocycles. The molecule has 6 heteroatoms. The summed E-state index contributed by atoms with van der Waals surface area (Å²) in [5.41, 5.74) is -0.487. The van der Waals surface area contributed by atoms with E-state index in [2.05, 4.69) is 6.58 Å². The number of thiophene rings is 1. The molecule has 0 radical (unpaired) electrons. The van der Waals surface area contributed by atoms with Gasteiger partial charge in [0, 0.05) is 23.3 Å². The summed E-state index contributed by atoms with van der Waals surface area (Å²) in [6.07, 6.45) is 0.629. The molecule has 0 N–H and O–H groups in total. The lowest BCUT2D eigenvalue weighted by atomic mass is 9.94. The molecule has 1 aromatic heterocycles. The van der Waals surface area contributed by atoms with Crippen LogP contribution in [-0.2, 0) is 25.0 Å². The Labute approximate surface area is 117 Å². The van der Waals surface area contributed by atoms with E-state index >= 15 is 0 Å². The molecule has 1 aromatic rings. The molecule has 0 saturated carbocycles. The predicted octanol–water partition coefficient (Wildman–Crippen LogP) is 2.27. The highest BCUT2D eigenvalue weighted by Crippen LogP contribution is 2.40. The summed E-state index contributed by atoms with van der Waals surface area (Å²) in [5.74, 6) is -0.365. The van der Waals surface area contributed by atoms with Crippen LogP contribution in [0.2, 0.25) is 0 Å². The van der Waals surface area contributed by atoms with E-state index in [0.29, 0.717) is 18.4 Å². The summed E-state index contributed by atoms with van der Waals surface area (Å²) >= 11 is 1.48. The van der Waals surface area contributed by atoms with Crippen molar-refractivity contribution in [2.24, 2.45) is 0 Å². The van der Waals surface area contributed by atoms with Crippen molar-refractivity contribution in [1.29, 1.82) is 0 Å². The number of hydrogen-bond donors (Lipinski definition) is 0. The van der Waals surface area contributed by atoms with Crippen molar-refractivity contribution in [1.82, 2.24) is 0 Å². The van der Waals surface area contributed by atoms with Gasteiger partial charge >= 0.3 is 5.97 Å². The van der Waals surface area contributed by atoms with Gasteiger partial charge in [-0.1, -0.05) is 12.6 Å². The van der Waals surface area contributed by atoms with E-state index in [0.717, 1.165) is 4.88 Å². The normalized spacial score (nSPS) is 20.7. The molecule has 1 aliphatic rings. The average Bonchev–Trinajstić information content (AvgIpc) is 2.86. The fourth-order valence-corrected chi connectivity index (χ4v) is 4.48. The third-order valence-electron chi connectivity index (χ3n) is 3.24. The quantitative estimate of drug-likeness (QED) is 0.634. The highest BCUT2D eigenvalue weighted by molar-refractivity contribution is 7.91. The summed E-state index contributed by atoms with van der Waals surface area (Å²) in [7, 11) is -3.01. The topological polar surface area (TPSA) is 60.4 Å². The number of rotatable bonds is 3. The Morgan fingerprint density at radius 2 is 2.05 bits per heavy atom. The van der Waals surface area contributed by atoms with E-state index < -0.39 is 21.4 Å². The van der Waals surface area contributed by atoms with Gasteiger partial charge in [-0.25, -0.2) is 13.2 Å². The van der Waals surface area contributed by atoms with Crippen LogP contribution in [0, 0.1) is 0 Å². The van der Waals surface area contributed by atoms with Gasteiger partial charge in [0.2, 0.25) is 0 Å². The van der Waals surface area contributed by atoms with E-state index in [1.54, 1.807) is 6.92 Å². The number of hydrogen-bond acceptors (Lipinski definition) is 5. The first-order valence-electron chi connectivity index (χ1n) is 5.98. The Bertz CT molecular complexity index is 570. The van der Waals surface area contributed by atoms with Crippen LogP contribution in [0.4, 0.5) is 0 Å². The third kappa shape index (κ3) is 3.06. The minimum Gasteiger partial charge on any atom is -0.450 e. The molecule has 0 bridgehead atoms. The van der Waals surface area contributed by atoms with Gasteiger partial charge in [0.15, 0.2) is 9.84 Å². The van der Waals surface area contributed by atoms with Crippen molar-refractivity contribution >= 4 is 27.1 Å². The smallest absolute Gasteiger partial charge is 0.334 e. The monoisotopic (exact) mass is 300 g/mol. The Kier molecular flexibility index (Phi) is 3.82. The van der Waals surface area contributed by atoms with Crippen molar-refractivity contribution in [2.45, 2.75) is 25.4 Å². The molecule has 1 fully saturated rings. The number of esters is 1. The van der Waals surface area contributed by atoms with Gasteiger partial charge in [-0.05, 0) is 18.4 Å². The minimum atomic E-state index is -3.01. The zero-order chi connectivity index (χ0) is 14.1. The first kappa shape index (κ1) is 14.3. The second kappa shape index (κ2) is 5.09. The molecule has 1 saturated heterocycles. The molecule has 0 unspecified atom stereocenters. The van der Waals surface area contributed by atoms with Crippen molar-refractivity contribution in [3.63, 3.8) is 0 Å². The van der Waals surface area contributed by atoms with Gasteiger partial charge in [0.25, 0.3) is 0 Å². The number of sulfone groups is 1. The van der Waals surface area contributed by atoms with Crippen molar-refractivity contribution in [3.05, 3.63) is 34.5 Å². The van der Waals surface area contributed by atoms with Gasteiger partial charge in [-0.15, -0.1) is 11.3 Å². The first-order chi connectivity index (χ1) is 8.85. The third-order valence-corrected chi connectivity index (χ3v) is 5.95. The first-order valence-corrected chi connectivity index (χ1v) is 8.68. The van der Waals surface area contributed by atoms with E-state index in [-0.39, 0.29) is 11.5 Å². The molecule has 0 atom stereocenters. The Hall–Kier alpha value is -1.14. The molecule has 2 heterocycles. The van der Waals surface area contributed by atoms with Crippen molar-refractivity contribution in [3.8, 4) is 0 Å². The van der Waals surface area contributed by atoms with E-state index in [1.165, 1.54) is 11.3 Å². The maximum Gasteiger partial charge on any atom is 0.334 e. The molecular weight excluding hydrogens is 284 g/mol. The van der Waals surface area contributed by atoms with Gasteiger partial charge in [0.1, 0.15) is 5.60 Å². The lowest BCUT2D eigenvalue weighted by Gasteiger charge is -2.35. The molecule has 4 nitrogen and oxygen atoms in total. The highest BCUT2D eigenvalue weighted by atomic mass is 32.2. The summed E-state index contributed by atoms with van der Waals surface area (Å²) in [4.78, 5) is 12.7. The second-order valence-corrected chi connectivity index (χ2v) is 8.04. The maximum atomic E-state index is 11.8. The van der Waals surface area contributed by atoms with Gasteiger partial charge in [-0.3, -0.25) is 0 Å². The highest BCUT2D eigenvalue weighted by Gasteiger charge is 2.43. The molecule has 19 heavy (non-hydrogen) atoms. The zero-order valence-electron chi connectivity index (χ0n) is 10.7. The Morgan fingerprint density at radius 3 is 2.53 bits per heavy atom. The largest absolute Gasteiger partial charge is 0.450 e. The Morgan fingerprint density at radius 1 is 1.42 bits per heavy atom. The standard InChI is InChI=1S/C13H16O4S2/c1-10(2)12(14)17-13(11-4-3-7-18-11)5-8-19(15,16)9-6-13/h3-4,7H,1,5-6,8-9H2,2H3. The second-order valence-electron chi connectivity index (χ2n) is 4.79. The van der Waals surface area contributed by atoms with Crippen LogP contribution in [0.25, 0.3) is 0 Å². The van der Waals surface area contributed by atoms with Crippen LogP contribution in [-0.4, -0.2) is 25.9 Å². The lowest BCUT2D eigenvalue weighted by molar-refractivity contribution is -0.156. The number of ether oxygens (including phenoxy) is 1. The fourth-order valence-electron chi connectivity index (χ4n) is 2.07. The summed E-state index contributed by atoms with van der Waals surface area (Å²) in [5, 5.41) is 1.90. The zero-order valence-corrected chi connectivity index (χ0v) is 12.4. The van der Waals surface area contributed by atoms with Crippen LogP contribution in [0.5, 0.6) is 0 Å². The summed E-state index contributed by atoms with van der Waals surface area (Å²) in [6, 6.07) is 3.76. The molecular formula is C13H16O4S2. The molecule has 0 amide bonds. The van der Waals surface area contributed by atoms with Crippen LogP contribution >= 0.6 is 11.3 Å². The van der Waals surface area contributed by atoms with Crippen LogP contribution in [0.1, 0.15) is 24.6 Å². The number of carbonyl (C=O) groups is 1. The summed E-state index contributed by atoms with van der Waals surface area (Å²) < 4.78 is 28.7. The Balaban J connectivity index is 2.30. The predicted molar refractivity (Wildman–Crippen MR) is 74.8 cm³/mol. The molecule has 1 aliphatic heterocycles. The molecule has 2 rings (SSSR count). The fraction of sp³-hybridized carbons (Fsp3) is 0.462. The van der Waals surface area contributed by atoms with E-state index in [9.17, 15) is 13.2 Å². The lowest BCUT2D eigenvalue weighted by Crippen LogP contribution is -2.40. The van der Waals surface area contributed by atoms with Gasteiger partial charge in [0.05, 0.1) is 11.5 Å². The van der Waals surface area contributed by atoms with Crippen LogP contribution in [0.3, 0.4) is 0 Å².